The first-order valence-electron chi connectivity index (χ1n) is 14.2. The number of halogens is 3. The van der Waals surface area contributed by atoms with E-state index in [9.17, 15) is 18.5 Å². The highest BCUT2D eigenvalue weighted by Crippen LogP contribution is 2.41. The topological polar surface area (TPSA) is 140 Å². The lowest BCUT2D eigenvalue weighted by molar-refractivity contribution is -0.384. The summed E-state index contributed by atoms with van der Waals surface area (Å²) in [6.45, 7) is 1.02. The summed E-state index contributed by atoms with van der Waals surface area (Å²) in [4.78, 5) is 21.6. The van der Waals surface area contributed by atoms with Gasteiger partial charge < -0.3 is 15.0 Å². The van der Waals surface area contributed by atoms with E-state index in [0.29, 0.717) is 11.9 Å². The van der Waals surface area contributed by atoms with Gasteiger partial charge in [-0.25, -0.2) is 18.1 Å². The number of rotatable bonds is 11. The molecule has 1 heterocycles. The van der Waals surface area contributed by atoms with Crippen LogP contribution in [0.5, 0.6) is 11.5 Å². The molecule has 0 unspecified atom stereocenters. The van der Waals surface area contributed by atoms with Crippen LogP contribution in [0.3, 0.4) is 0 Å². The lowest BCUT2D eigenvalue weighted by atomic mass is 9.82. The number of ether oxygens (including phenoxy) is 1. The fraction of sp³-hybridized carbons (Fsp3) is 0.333. The summed E-state index contributed by atoms with van der Waals surface area (Å²) in [6, 6.07) is 14.1. The van der Waals surface area contributed by atoms with E-state index < -0.39 is 14.9 Å². The van der Waals surface area contributed by atoms with Crippen LogP contribution in [-0.4, -0.2) is 50.5 Å². The third-order valence-electron chi connectivity index (χ3n) is 7.70. The maximum atomic E-state index is 13.1. The molecule has 2 N–H and O–H groups in total. The van der Waals surface area contributed by atoms with E-state index in [1.165, 1.54) is 24.3 Å². The van der Waals surface area contributed by atoms with Crippen molar-refractivity contribution < 1.29 is 18.1 Å². The molecule has 0 saturated heterocycles. The molecule has 0 amide bonds. The van der Waals surface area contributed by atoms with E-state index in [2.05, 4.69) is 15.0 Å². The van der Waals surface area contributed by atoms with E-state index in [0.717, 1.165) is 55.0 Å². The lowest BCUT2D eigenvalue weighted by Crippen LogP contribution is -2.32. The van der Waals surface area contributed by atoms with Crippen molar-refractivity contribution in [3.63, 3.8) is 0 Å². The minimum Gasteiger partial charge on any atom is -0.453 e. The van der Waals surface area contributed by atoms with Crippen molar-refractivity contribution in [2.45, 2.75) is 30.6 Å². The summed E-state index contributed by atoms with van der Waals surface area (Å²) in [5, 5.41) is 15.2. The molecule has 1 aliphatic carbocycles. The highest BCUT2D eigenvalue weighted by Gasteiger charge is 2.25. The Labute approximate surface area is 276 Å². The zero-order chi connectivity index (χ0) is 32.3. The van der Waals surface area contributed by atoms with Crippen molar-refractivity contribution in [1.29, 1.82) is 0 Å². The SMILES string of the molecule is CN(C)c1nc(NC[C@H]2CC[C@H](CNS(=O)(=O)c3cc(Cl)c(Oc4ccc([N+](=O)[O-])cc4Cl)c(Cl)c3)CC2)nc2ccccc12. The van der Waals surface area contributed by atoms with Gasteiger partial charge in [0, 0.05) is 44.7 Å². The van der Waals surface area contributed by atoms with E-state index >= 15 is 0 Å². The van der Waals surface area contributed by atoms with Crippen molar-refractivity contribution in [3.05, 3.63) is 79.8 Å². The number of non-ortho nitro benzene ring substituents is 1. The van der Waals surface area contributed by atoms with Crippen LogP contribution in [0.15, 0.2) is 59.5 Å². The standard InChI is InChI=1S/C30H31Cl3N6O5S/c1-38(2)29-22-5-3-4-6-26(22)36-30(37-29)34-16-18-7-9-19(10-8-18)17-35-45(42,43)21-14-24(32)28(25(33)15-21)44-27-12-11-20(39(40)41)13-23(27)31/h3-6,11-15,18-19,35H,7-10,16-17H2,1-2H3,(H,34,36,37)/t18-,19-. The molecule has 45 heavy (non-hydrogen) atoms. The Morgan fingerprint density at radius 1 is 0.933 bits per heavy atom. The first-order chi connectivity index (χ1) is 21.4. The van der Waals surface area contributed by atoms with Gasteiger partial charge in [-0.1, -0.05) is 46.9 Å². The first-order valence-corrected chi connectivity index (χ1v) is 16.8. The Hall–Kier alpha value is -3.42. The first kappa shape index (κ1) is 33.0. The molecule has 0 bridgehead atoms. The number of fused-ring (bicyclic) bond motifs is 1. The second-order valence-corrected chi connectivity index (χ2v) is 14.1. The van der Waals surface area contributed by atoms with Crippen LogP contribution >= 0.6 is 34.8 Å². The number of nitrogens with zero attached hydrogens (tertiary/aromatic N) is 4. The van der Waals surface area contributed by atoms with Gasteiger partial charge in [-0.05, 0) is 67.9 Å². The summed E-state index contributed by atoms with van der Waals surface area (Å²) in [7, 11) is 0.00501. The molecule has 1 fully saturated rings. The zero-order valence-electron chi connectivity index (χ0n) is 24.5. The second-order valence-electron chi connectivity index (χ2n) is 11.1. The molecule has 1 saturated carbocycles. The van der Waals surface area contributed by atoms with E-state index in [-0.39, 0.29) is 49.6 Å². The van der Waals surface area contributed by atoms with Gasteiger partial charge in [0.05, 0.1) is 30.4 Å². The van der Waals surface area contributed by atoms with Crippen LogP contribution < -0.4 is 19.7 Å². The van der Waals surface area contributed by atoms with Crippen molar-refractivity contribution in [2.75, 3.05) is 37.4 Å². The monoisotopic (exact) mass is 692 g/mol. The normalized spacial score (nSPS) is 16.8. The number of aromatic nitrogens is 2. The van der Waals surface area contributed by atoms with Crippen LogP contribution in [0.25, 0.3) is 10.9 Å². The van der Waals surface area contributed by atoms with Gasteiger partial charge in [-0.3, -0.25) is 10.1 Å². The molecule has 15 heteroatoms. The number of sulfonamides is 1. The fourth-order valence-corrected chi connectivity index (χ4v) is 7.33. The predicted octanol–water partition coefficient (Wildman–Crippen LogP) is 7.55. The molecule has 11 nitrogen and oxygen atoms in total. The van der Waals surface area contributed by atoms with Crippen LogP contribution in [-0.2, 0) is 10.0 Å². The Kier molecular flexibility index (Phi) is 10.2. The summed E-state index contributed by atoms with van der Waals surface area (Å²) in [6.07, 6.45) is 3.65. The molecule has 1 aromatic heterocycles. The zero-order valence-corrected chi connectivity index (χ0v) is 27.6. The van der Waals surface area contributed by atoms with Crippen molar-refractivity contribution in [2.24, 2.45) is 11.8 Å². The molecular formula is C30H31Cl3N6O5S. The average Bonchev–Trinajstić information content (AvgIpc) is 3.01. The number of hydrogen-bond donors (Lipinski definition) is 2. The predicted molar refractivity (Wildman–Crippen MR) is 178 cm³/mol. The van der Waals surface area contributed by atoms with Gasteiger partial charge in [0.25, 0.3) is 5.69 Å². The van der Waals surface area contributed by atoms with Gasteiger partial charge >= 0.3 is 0 Å². The Morgan fingerprint density at radius 3 is 2.20 bits per heavy atom. The molecule has 0 spiro atoms. The van der Waals surface area contributed by atoms with Crippen LogP contribution in [0, 0.1) is 22.0 Å². The third-order valence-corrected chi connectivity index (χ3v) is 9.96. The summed E-state index contributed by atoms with van der Waals surface area (Å²) in [5.74, 6) is 2.12. The average molecular weight is 694 g/mol. The second kappa shape index (κ2) is 13.9. The van der Waals surface area contributed by atoms with Crippen molar-refractivity contribution >= 4 is 73.2 Å². The fourth-order valence-electron chi connectivity index (χ4n) is 5.25. The highest BCUT2D eigenvalue weighted by molar-refractivity contribution is 7.89. The van der Waals surface area contributed by atoms with Crippen molar-refractivity contribution in [3.8, 4) is 11.5 Å². The molecule has 238 valence electrons. The van der Waals surface area contributed by atoms with Gasteiger partial charge in [-0.15, -0.1) is 0 Å². The number of anilines is 2. The minimum atomic E-state index is -3.91. The minimum absolute atomic E-state index is 0.0213. The Bertz CT molecular complexity index is 1810. The number of benzene rings is 3. The number of hydrogen-bond acceptors (Lipinski definition) is 9. The van der Waals surface area contributed by atoms with Gasteiger partial charge in [0.2, 0.25) is 16.0 Å². The van der Waals surface area contributed by atoms with E-state index in [4.69, 9.17) is 44.5 Å². The molecule has 0 aliphatic heterocycles. The van der Waals surface area contributed by atoms with E-state index in [1.807, 2.05) is 43.3 Å². The lowest BCUT2D eigenvalue weighted by Gasteiger charge is -2.29. The molecule has 0 radical (unpaired) electrons. The number of nitrogens with one attached hydrogen (secondary N) is 2. The Balaban J connectivity index is 1.14. The van der Waals surface area contributed by atoms with Crippen LogP contribution in [0.1, 0.15) is 25.7 Å². The molecular weight excluding hydrogens is 663 g/mol. The summed E-state index contributed by atoms with van der Waals surface area (Å²) in [5.41, 5.74) is 0.671. The number of para-hydroxylation sites is 1. The van der Waals surface area contributed by atoms with Crippen LogP contribution in [0.4, 0.5) is 17.5 Å². The van der Waals surface area contributed by atoms with E-state index in [1.54, 1.807) is 0 Å². The summed E-state index contributed by atoms with van der Waals surface area (Å²) >= 11 is 18.8. The molecule has 3 aromatic carbocycles. The van der Waals surface area contributed by atoms with Gasteiger partial charge in [-0.2, -0.15) is 4.98 Å². The van der Waals surface area contributed by atoms with Crippen molar-refractivity contribution in [1.82, 2.24) is 14.7 Å². The van der Waals surface area contributed by atoms with Crippen LogP contribution in [0.2, 0.25) is 15.1 Å². The maximum Gasteiger partial charge on any atom is 0.271 e. The third kappa shape index (κ3) is 7.87. The van der Waals surface area contributed by atoms with Gasteiger partial charge in [0.1, 0.15) is 11.6 Å². The highest BCUT2D eigenvalue weighted by atomic mass is 35.5. The molecule has 5 rings (SSSR count). The smallest absolute Gasteiger partial charge is 0.271 e. The maximum absolute atomic E-state index is 13.1. The molecule has 0 atom stereocenters. The van der Waals surface area contributed by atoms with Gasteiger partial charge in [0.15, 0.2) is 5.75 Å². The summed E-state index contributed by atoms with van der Waals surface area (Å²) < 4.78 is 34.6. The Morgan fingerprint density at radius 2 is 1.58 bits per heavy atom. The quantitative estimate of drug-likeness (QED) is 0.120. The number of nitro benzene ring substituents is 1. The molecule has 4 aromatic rings. The number of nitro groups is 1. The largest absolute Gasteiger partial charge is 0.453 e. The molecule has 1 aliphatic rings.